The monoisotopic (exact) mass is 394 g/mol. The van der Waals surface area contributed by atoms with Gasteiger partial charge in [-0.25, -0.2) is 9.78 Å². The molecule has 2 aromatic heterocycles. The molecule has 2 amide bonds. The van der Waals surface area contributed by atoms with E-state index in [1.165, 1.54) is 4.40 Å². The molecule has 0 fully saturated rings. The summed E-state index contributed by atoms with van der Waals surface area (Å²) in [4.78, 5) is 41.9. The molecule has 2 heterocycles. The van der Waals surface area contributed by atoms with Crippen LogP contribution in [0.3, 0.4) is 0 Å². The average Bonchev–Trinajstić information content (AvgIpc) is 3.08. The summed E-state index contributed by atoms with van der Waals surface area (Å²) in [6, 6.07) is 11.7. The molecule has 150 valence electrons. The molecule has 0 radical (unpaired) electrons. The first kappa shape index (κ1) is 20.1. The number of nitrogens with one attached hydrogen (secondary N) is 2. The minimum absolute atomic E-state index is 0.0353. The van der Waals surface area contributed by atoms with E-state index < -0.39 is 11.9 Å². The van der Waals surface area contributed by atoms with E-state index >= 15 is 0 Å². The number of para-hydroxylation sites is 1. The molecule has 0 aliphatic carbocycles. The van der Waals surface area contributed by atoms with Crippen LogP contribution in [0.1, 0.15) is 52.2 Å². The zero-order valence-corrected chi connectivity index (χ0v) is 16.4. The molecular formula is C21H22N4O4. The van der Waals surface area contributed by atoms with Crippen molar-refractivity contribution in [1.29, 1.82) is 0 Å². The highest BCUT2D eigenvalue weighted by Gasteiger charge is 2.23. The molecule has 2 N–H and O–H groups in total. The summed E-state index contributed by atoms with van der Waals surface area (Å²) in [5.41, 5.74) is 1.20. The highest BCUT2D eigenvalue weighted by molar-refractivity contribution is 6.08. The van der Waals surface area contributed by atoms with Crippen molar-refractivity contribution in [3.05, 3.63) is 65.7 Å². The lowest BCUT2D eigenvalue weighted by Crippen LogP contribution is -2.30. The molecule has 29 heavy (non-hydrogen) atoms. The van der Waals surface area contributed by atoms with Gasteiger partial charge in [0.1, 0.15) is 0 Å². The second-order valence-electron chi connectivity index (χ2n) is 6.59. The number of hydrogen-bond donors (Lipinski definition) is 2. The SMILES string of the molecule is CCOC(=O)c1ccccc1NC(=O)c1nc(C(=O)NC(C)C)c2ccccn12. The van der Waals surface area contributed by atoms with Crippen LogP contribution in [0.2, 0.25) is 0 Å². The number of rotatable bonds is 6. The number of nitrogens with zero attached hydrogens (tertiary/aromatic N) is 2. The van der Waals surface area contributed by atoms with Crippen molar-refractivity contribution >= 4 is 29.0 Å². The largest absolute Gasteiger partial charge is 0.462 e. The van der Waals surface area contributed by atoms with Gasteiger partial charge in [0.2, 0.25) is 5.82 Å². The van der Waals surface area contributed by atoms with Crippen molar-refractivity contribution in [2.24, 2.45) is 0 Å². The van der Waals surface area contributed by atoms with E-state index in [-0.39, 0.29) is 35.6 Å². The van der Waals surface area contributed by atoms with Crippen LogP contribution in [0.25, 0.3) is 5.52 Å². The topological polar surface area (TPSA) is 102 Å². The van der Waals surface area contributed by atoms with Gasteiger partial charge >= 0.3 is 5.97 Å². The Morgan fingerprint density at radius 1 is 1.07 bits per heavy atom. The van der Waals surface area contributed by atoms with Gasteiger partial charge in [0.05, 0.1) is 23.4 Å². The van der Waals surface area contributed by atoms with Crippen molar-refractivity contribution in [3.8, 4) is 0 Å². The number of carbonyl (C=O) groups excluding carboxylic acids is 3. The lowest BCUT2D eigenvalue weighted by molar-refractivity contribution is 0.0527. The average molecular weight is 394 g/mol. The maximum absolute atomic E-state index is 12.9. The van der Waals surface area contributed by atoms with E-state index in [0.29, 0.717) is 11.2 Å². The normalized spacial score (nSPS) is 10.8. The fourth-order valence-corrected chi connectivity index (χ4v) is 2.85. The predicted octanol–water partition coefficient (Wildman–Crippen LogP) is 2.90. The number of aromatic nitrogens is 2. The van der Waals surface area contributed by atoms with Gasteiger partial charge < -0.3 is 15.4 Å². The van der Waals surface area contributed by atoms with Gasteiger partial charge in [-0.05, 0) is 45.0 Å². The summed E-state index contributed by atoms with van der Waals surface area (Å²) in [7, 11) is 0. The molecule has 0 saturated heterocycles. The number of anilines is 1. The molecule has 0 spiro atoms. The van der Waals surface area contributed by atoms with Gasteiger partial charge in [-0.2, -0.15) is 0 Å². The lowest BCUT2D eigenvalue weighted by atomic mass is 10.2. The Kier molecular flexibility index (Phi) is 5.92. The van der Waals surface area contributed by atoms with Crippen LogP contribution in [0.15, 0.2) is 48.7 Å². The van der Waals surface area contributed by atoms with Crippen LogP contribution in [0.5, 0.6) is 0 Å². The maximum atomic E-state index is 12.9. The van der Waals surface area contributed by atoms with Crippen LogP contribution in [-0.4, -0.2) is 39.8 Å². The first-order valence-corrected chi connectivity index (χ1v) is 9.27. The molecule has 8 nitrogen and oxygen atoms in total. The molecule has 0 aliphatic rings. The summed E-state index contributed by atoms with van der Waals surface area (Å²) in [6.07, 6.45) is 1.65. The molecule has 3 rings (SSSR count). The van der Waals surface area contributed by atoms with Gasteiger partial charge in [-0.15, -0.1) is 0 Å². The van der Waals surface area contributed by atoms with Crippen molar-refractivity contribution in [3.63, 3.8) is 0 Å². The number of pyridine rings is 1. The number of amides is 2. The van der Waals surface area contributed by atoms with E-state index in [4.69, 9.17) is 4.74 Å². The summed E-state index contributed by atoms with van der Waals surface area (Å²) < 4.78 is 6.57. The van der Waals surface area contributed by atoms with Gasteiger partial charge in [0.15, 0.2) is 5.69 Å². The minimum atomic E-state index is -0.549. The minimum Gasteiger partial charge on any atom is -0.462 e. The molecule has 0 saturated carbocycles. The predicted molar refractivity (Wildman–Crippen MR) is 108 cm³/mol. The smallest absolute Gasteiger partial charge is 0.340 e. The Bertz CT molecular complexity index is 1070. The lowest BCUT2D eigenvalue weighted by Gasteiger charge is -2.09. The van der Waals surface area contributed by atoms with E-state index in [9.17, 15) is 14.4 Å². The fraction of sp³-hybridized carbons (Fsp3) is 0.238. The molecule has 0 unspecified atom stereocenters. The third-order valence-corrected chi connectivity index (χ3v) is 4.06. The van der Waals surface area contributed by atoms with Gasteiger partial charge in [0.25, 0.3) is 11.8 Å². The molecule has 0 aliphatic heterocycles. The highest BCUT2D eigenvalue weighted by Crippen LogP contribution is 2.19. The molecular weight excluding hydrogens is 372 g/mol. The van der Waals surface area contributed by atoms with Gasteiger partial charge in [-0.3, -0.25) is 14.0 Å². The number of ether oxygens (including phenoxy) is 1. The first-order chi connectivity index (χ1) is 13.9. The standard InChI is InChI=1S/C21H22N4O4/c1-4-29-21(28)14-9-5-6-10-15(14)23-20(27)18-24-17(19(26)22-13(2)3)16-11-7-8-12-25(16)18/h5-13H,4H2,1-3H3,(H,22,26)(H,23,27). The second kappa shape index (κ2) is 8.55. The van der Waals surface area contributed by atoms with Gasteiger partial charge in [-0.1, -0.05) is 18.2 Å². The number of fused-ring (bicyclic) bond motifs is 1. The fourth-order valence-electron chi connectivity index (χ4n) is 2.85. The quantitative estimate of drug-likeness (QED) is 0.626. The number of carbonyl (C=O) groups is 3. The Morgan fingerprint density at radius 3 is 2.52 bits per heavy atom. The number of hydrogen-bond acceptors (Lipinski definition) is 5. The Balaban J connectivity index is 1.97. The molecule has 0 atom stereocenters. The molecule has 3 aromatic rings. The number of imidazole rings is 1. The van der Waals surface area contributed by atoms with E-state index in [0.717, 1.165) is 0 Å². The number of esters is 1. The van der Waals surface area contributed by atoms with E-state index in [1.807, 2.05) is 13.8 Å². The van der Waals surface area contributed by atoms with Crippen LogP contribution >= 0.6 is 0 Å². The molecule has 1 aromatic carbocycles. The Labute approximate surface area is 167 Å². The summed E-state index contributed by atoms with van der Waals surface area (Å²) in [6.45, 7) is 5.62. The van der Waals surface area contributed by atoms with Crippen molar-refractivity contribution in [2.45, 2.75) is 26.8 Å². The van der Waals surface area contributed by atoms with Crippen LogP contribution in [0, 0.1) is 0 Å². The zero-order valence-electron chi connectivity index (χ0n) is 16.4. The Hall–Kier alpha value is -3.68. The van der Waals surface area contributed by atoms with Crippen LogP contribution in [-0.2, 0) is 4.74 Å². The first-order valence-electron chi connectivity index (χ1n) is 9.27. The Morgan fingerprint density at radius 2 is 1.79 bits per heavy atom. The zero-order chi connectivity index (χ0) is 21.0. The summed E-state index contributed by atoms with van der Waals surface area (Å²) >= 11 is 0. The second-order valence-corrected chi connectivity index (χ2v) is 6.59. The third kappa shape index (κ3) is 4.26. The summed E-state index contributed by atoms with van der Waals surface area (Å²) in [5, 5.41) is 5.48. The summed E-state index contributed by atoms with van der Waals surface area (Å²) in [5.74, 6) is -1.41. The number of benzene rings is 1. The van der Waals surface area contributed by atoms with Crippen molar-refractivity contribution in [2.75, 3.05) is 11.9 Å². The highest BCUT2D eigenvalue weighted by atomic mass is 16.5. The van der Waals surface area contributed by atoms with Crippen molar-refractivity contribution < 1.29 is 19.1 Å². The molecule has 8 heteroatoms. The van der Waals surface area contributed by atoms with Crippen LogP contribution < -0.4 is 10.6 Å². The van der Waals surface area contributed by atoms with E-state index in [2.05, 4.69) is 15.6 Å². The van der Waals surface area contributed by atoms with E-state index in [1.54, 1.807) is 55.6 Å². The molecule has 0 bridgehead atoms. The maximum Gasteiger partial charge on any atom is 0.340 e. The van der Waals surface area contributed by atoms with Gasteiger partial charge in [0, 0.05) is 12.2 Å². The van der Waals surface area contributed by atoms with Crippen molar-refractivity contribution in [1.82, 2.24) is 14.7 Å². The van der Waals surface area contributed by atoms with Crippen LogP contribution in [0.4, 0.5) is 5.69 Å². The third-order valence-electron chi connectivity index (χ3n) is 4.06.